The molecule has 0 saturated heterocycles. The van der Waals surface area contributed by atoms with Crippen molar-refractivity contribution in [1.29, 1.82) is 0 Å². The van der Waals surface area contributed by atoms with Crippen LogP contribution in [0.5, 0.6) is 0 Å². The summed E-state index contributed by atoms with van der Waals surface area (Å²) in [5.74, 6) is 0.0712. The van der Waals surface area contributed by atoms with Crippen LogP contribution in [-0.2, 0) is 6.42 Å². The van der Waals surface area contributed by atoms with Crippen LogP contribution in [0.4, 0.5) is 10.1 Å². The van der Waals surface area contributed by atoms with Gasteiger partial charge in [-0.1, -0.05) is 12.1 Å². The van der Waals surface area contributed by atoms with Crippen LogP contribution in [0.15, 0.2) is 18.2 Å². The highest BCUT2D eigenvalue weighted by Gasteiger charge is 2.47. The Bertz CT molecular complexity index is 434. The van der Waals surface area contributed by atoms with E-state index in [9.17, 15) is 4.39 Å². The molecule has 0 spiro atoms. The zero-order valence-corrected chi connectivity index (χ0v) is 9.88. The van der Waals surface area contributed by atoms with Crippen LogP contribution >= 0.6 is 0 Å². The second kappa shape index (κ2) is 3.98. The van der Waals surface area contributed by atoms with E-state index in [1.54, 1.807) is 0 Å². The van der Waals surface area contributed by atoms with E-state index in [-0.39, 0.29) is 12.5 Å². The summed E-state index contributed by atoms with van der Waals surface area (Å²) in [4.78, 5) is 0. The first-order valence-corrected chi connectivity index (χ1v) is 6.39. The monoisotopic (exact) mass is 235 g/mol. The molecule has 0 bridgehead atoms. The van der Waals surface area contributed by atoms with Crippen molar-refractivity contribution in [3.63, 3.8) is 0 Å². The van der Waals surface area contributed by atoms with Crippen molar-refractivity contribution in [2.24, 2.45) is 0 Å². The molecule has 1 fully saturated rings. The molecule has 2 unspecified atom stereocenters. The Morgan fingerprint density at radius 3 is 3.18 bits per heavy atom. The molecular weight excluding hydrogens is 217 g/mol. The van der Waals surface area contributed by atoms with Crippen LogP contribution in [0.1, 0.15) is 36.3 Å². The highest BCUT2D eigenvalue weighted by atomic mass is 19.1. The minimum Gasteiger partial charge on any atom is -0.396 e. The standard InChI is InChI=1S/C14H18FNO/c15-14-6-1-2-12(14)11-4-3-10(5-7-17)8-13(11)16-9-14/h3-4,8,12,16-17H,1-2,5-7,9H2. The molecule has 3 rings (SSSR count). The van der Waals surface area contributed by atoms with E-state index in [1.807, 2.05) is 12.1 Å². The van der Waals surface area contributed by atoms with Gasteiger partial charge in [0.2, 0.25) is 0 Å². The number of anilines is 1. The molecule has 2 nitrogen and oxygen atoms in total. The fraction of sp³-hybridized carbons (Fsp3) is 0.571. The molecular formula is C14H18FNO. The lowest BCUT2D eigenvalue weighted by molar-refractivity contribution is 0.159. The molecule has 1 aliphatic carbocycles. The minimum absolute atomic E-state index is 0.0712. The van der Waals surface area contributed by atoms with Gasteiger partial charge in [-0.2, -0.15) is 0 Å². The summed E-state index contributed by atoms with van der Waals surface area (Å²) in [5.41, 5.74) is 2.27. The Kier molecular flexibility index (Phi) is 2.58. The molecule has 1 aromatic rings. The number of hydrogen-bond donors (Lipinski definition) is 2. The van der Waals surface area contributed by atoms with E-state index in [2.05, 4.69) is 11.4 Å². The molecule has 0 radical (unpaired) electrons. The Labute approximate surface area is 101 Å². The summed E-state index contributed by atoms with van der Waals surface area (Å²) >= 11 is 0. The molecule has 1 saturated carbocycles. The Hall–Kier alpha value is -1.09. The molecule has 0 amide bonds. The molecule has 0 aromatic heterocycles. The van der Waals surface area contributed by atoms with Crippen molar-refractivity contribution >= 4 is 5.69 Å². The number of benzene rings is 1. The van der Waals surface area contributed by atoms with Gasteiger partial charge in [0.15, 0.2) is 0 Å². The van der Waals surface area contributed by atoms with Gasteiger partial charge in [0.05, 0.1) is 0 Å². The Balaban J connectivity index is 1.96. The van der Waals surface area contributed by atoms with Crippen molar-refractivity contribution in [3.8, 4) is 0 Å². The van der Waals surface area contributed by atoms with Crippen molar-refractivity contribution in [2.75, 3.05) is 18.5 Å². The predicted molar refractivity (Wildman–Crippen MR) is 66.2 cm³/mol. The fourth-order valence-electron chi connectivity index (χ4n) is 3.27. The van der Waals surface area contributed by atoms with Crippen LogP contribution in [0.2, 0.25) is 0 Å². The zero-order valence-electron chi connectivity index (χ0n) is 9.88. The SMILES string of the molecule is OCCc1ccc2c(c1)NCC1(F)CCCC21. The summed E-state index contributed by atoms with van der Waals surface area (Å²) < 4.78 is 14.6. The second-order valence-electron chi connectivity index (χ2n) is 5.23. The van der Waals surface area contributed by atoms with Gasteiger partial charge in [-0.15, -0.1) is 0 Å². The summed E-state index contributed by atoms with van der Waals surface area (Å²) in [6.45, 7) is 0.600. The van der Waals surface area contributed by atoms with Crippen LogP contribution in [0.25, 0.3) is 0 Å². The highest BCUT2D eigenvalue weighted by Crippen LogP contribution is 2.50. The quantitative estimate of drug-likeness (QED) is 0.826. The fourth-order valence-corrected chi connectivity index (χ4v) is 3.27. The molecule has 92 valence electrons. The maximum absolute atomic E-state index is 14.6. The van der Waals surface area contributed by atoms with Gasteiger partial charge < -0.3 is 10.4 Å². The number of nitrogens with one attached hydrogen (secondary N) is 1. The van der Waals surface area contributed by atoms with Gasteiger partial charge in [-0.25, -0.2) is 4.39 Å². The second-order valence-corrected chi connectivity index (χ2v) is 5.23. The maximum Gasteiger partial charge on any atom is 0.135 e. The molecule has 3 heteroatoms. The number of aliphatic hydroxyl groups is 1. The average Bonchev–Trinajstić information content (AvgIpc) is 2.71. The topological polar surface area (TPSA) is 32.3 Å². The van der Waals surface area contributed by atoms with Crippen molar-refractivity contribution in [3.05, 3.63) is 29.3 Å². The van der Waals surface area contributed by atoms with Gasteiger partial charge >= 0.3 is 0 Å². The molecule has 1 heterocycles. The van der Waals surface area contributed by atoms with Gasteiger partial charge in [0, 0.05) is 24.8 Å². The van der Waals surface area contributed by atoms with Crippen LogP contribution in [0, 0.1) is 0 Å². The summed E-state index contributed by atoms with van der Waals surface area (Å²) in [6.07, 6.45) is 3.30. The maximum atomic E-state index is 14.6. The van der Waals surface area contributed by atoms with Crippen molar-refractivity contribution < 1.29 is 9.50 Å². The van der Waals surface area contributed by atoms with Gasteiger partial charge in [-0.05, 0) is 42.9 Å². The molecule has 2 N–H and O–H groups in total. The van der Waals surface area contributed by atoms with Crippen molar-refractivity contribution in [1.82, 2.24) is 0 Å². The van der Waals surface area contributed by atoms with E-state index < -0.39 is 5.67 Å². The minimum atomic E-state index is -1.04. The number of fused-ring (bicyclic) bond motifs is 3. The number of hydrogen-bond acceptors (Lipinski definition) is 2. The smallest absolute Gasteiger partial charge is 0.135 e. The van der Waals surface area contributed by atoms with Gasteiger partial charge in [-0.3, -0.25) is 0 Å². The third kappa shape index (κ3) is 1.73. The first-order valence-electron chi connectivity index (χ1n) is 6.39. The lowest BCUT2D eigenvalue weighted by Gasteiger charge is -2.35. The number of rotatable bonds is 2. The average molecular weight is 235 g/mol. The molecule has 2 aliphatic rings. The molecule has 1 aromatic carbocycles. The van der Waals surface area contributed by atoms with E-state index in [4.69, 9.17) is 5.11 Å². The zero-order chi connectivity index (χ0) is 11.9. The molecule has 1 aliphatic heterocycles. The summed E-state index contributed by atoms with van der Waals surface area (Å²) in [6, 6.07) is 6.11. The normalized spacial score (nSPS) is 30.6. The lowest BCUT2D eigenvalue weighted by atomic mass is 9.82. The van der Waals surface area contributed by atoms with Gasteiger partial charge in [0.1, 0.15) is 5.67 Å². The van der Waals surface area contributed by atoms with E-state index in [0.717, 1.165) is 29.7 Å². The van der Waals surface area contributed by atoms with E-state index in [1.165, 1.54) is 0 Å². The largest absolute Gasteiger partial charge is 0.396 e. The number of alkyl halides is 1. The first kappa shape index (κ1) is 11.0. The highest BCUT2D eigenvalue weighted by molar-refractivity contribution is 5.59. The first-order chi connectivity index (χ1) is 8.23. The summed E-state index contributed by atoms with van der Waals surface area (Å²) in [5, 5.41) is 12.2. The Morgan fingerprint density at radius 1 is 1.47 bits per heavy atom. The lowest BCUT2D eigenvalue weighted by Crippen LogP contribution is -2.39. The Morgan fingerprint density at radius 2 is 2.35 bits per heavy atom. The van der Waals surface area contributed by atoms with E-state index >= 15 is 0 Å². The van der Waals surface area contributed by atoms with Crippen LogP contribution in [-0.4, -0.2) is 23.9 Å². The van der Waals surface area contributed by atoms with Crippen molar-refractivity contribution in [2.45, 2.75) is 37.3 Å². The van der Waals surface area contributed by atoms with E-state index in [0.29, 0.717) is 19.4 Å². The predicted octanol–water partition coefficient (Wildman–Crippen LogP) is 2.62. The third-order valence-electron chi connectivity index (χ3n) is 4.18. The summed E-state index contributed by atoms with van der Waals surface area (Å²) in [7, 11) is 0. The van der Waals surface area contributed by atoms with Crippen LogP contribution < -0.4 is 5.32 Å². The molecule has 17 heavy (non-hydrogen) atoms. The molecule has 2 atom stereocenters. The van der Waals surface area contributed by atoms with Crippen LogP contribution in [0.3, 0.4) is 0 Å². The van der Waals surface area contributed by atoms with Gasteiger partial charge in [0.25, 0.3) is 0 Å². The third-order valence-corrected chi connectivity index (χ3v) is 4.18. The number of halogens is 1. The number of aliphatic hydroxyl groups excluding tert-OH is 1.